The van der Waals surface area contributed by atoms with E-state index in [0.29, 0.717) is 5.56 Å². The fraction of sp³-hybridized carbons (Fsp3) is 0.400. The quantitative estimate of drug-likeness (QED) is 0.523. The van der Waals surface area contributed by atoms with Crippen LogP contribution in [0.4, 0.5) is 0 Å². The summed E-state index contributed by atoms with van der Waals surface area (Å²) >= 11 is 0. The van der Waals surface area contributed by atoms with Gasteiger partial charge in [-0.1, -0.05) is 0 Å². The second-order valence-corrected chi connectivity index (χ2v) is 3.01. The normalized spacial score (nSPS) is 12.7. The number of phenols is 2. The molecular weight excluding hydrogens is 200 g/mol. The molecule has 15 heavy (non-hydrogen) atoms. The van der Waals surface area contributed by atoms with E-state index in [2.05, 4.69) is 0 Å². The number of ether oxygens (including phenoxy) is 1. The Bertz CT molecular complexity index is 313. The molecule has 0 heterocycles. The van der Waals surface area contributed by atoms with Crippen LogP contribution in [0.15, 0.2) is 18.2 Å². The van der Waals surface area contributed by atoms with Crippen molar-refractivity contribution in [1.82, 2.24) is 0 Å². The van der Waals surface area contributed by atoms with Crippen molar-refractivity contribution in [1.29, 1.82) is 0 Å². The van der Waals surface area contributed by atoms with Gasteiger partial charge in [-0.2, -0.15) is 0 Å². The molecule has 1 aromatic rings. The smallest absolute Gasteiger partial charge is 0.121 e. The Labute approximate surface area is 87.2 Å². The van der Waals surface area contributed by atoms with Crippen molar-refractivity contribution in [3.8, 4) is 11.5 Å². The number of aliphatic hydroxyl groups excluding tert-OH is 2. The van der Waals surface area contributed by atoms with E-state index in [1.165, 1.54) is 18.2 Å². The molecule has 5 nitrogen and oxygen atoms in total. The lowest BCUT2D eigenvalue weighted by Crippen LogP contribution is -2.11. The minimum absolute atomic E-state index is 0.0196. The first-order valence-electron chi connectivity index (χ1n) is 4.54. The van der Waals surface area contributed by atoms with Gasteiger partial charge in [-0.05, 0) is 18.2 Å². The largest absolute Gasteiger partial charge is 0.508 e. The molecule has 1 rings (SSSR count). The lowest BCUT2D eigenvalue weighted by Gasteiger charge is -2.16. The van der Waals surface area contributed by atoms with Crippen molar-refractivity contribution >= 4 is 0 Å². The average molecular weight is 214 g/mol. The lowest BCUT2D eigenvalue weighted by atomic mass is 10.1. The van der Waals surface area contributed by atoms with Crippen LogP contribution in [0.2, 0.25) is 0 Å². The Hall–Kier alpha value is -1.30. The molecule has 0 bridgehead atoms. The minimum Gasteiger partial charge on any atom is -0.508 e. The van der Waals surface area contributed by atoms with E-state index in [0.717, 1.165) is 0 Å². The minimum atomic E-state index is -0.746. The molecule has 0 saturated heterocycles. The number of phenolic OH excluding ortho intramolecular Hbond substituents is 2. The second kappa shape index (κ2) is 5.55. The molecule has 0 aromatic heterocycles. The molecule has 0 aliphatic carbocycles. The maximum atomic E-state index is 9.47. The molecule has 1 unspecified atom stereocenters. The summed E-state index contributed by atoms with van der Waals surface area (Å²) in [7, 11) is 0. The Morgan fingerprint density at radius 2 is 1.93 bits per heavy atom. The lowest BCUT2D eigenvalue weighted by molar-refractivity contribution is -0.00592. The topological polar surface area (TPSA) is 90.2 Å². The molecule has 5 heteroatoms. The zero-order valence-corrected chi connectivity index (χ0v) is 8.13. The second-order valence-electron chi connectivity index (χ2n) is 3.01. The third-order valence-electron chi connectivity index (χ3n) is 1.93. The molecule has 0 aliphatic heterocycles. The molecule has 84 valence electrons. The predicted molar refractivity (Wildman–Crippen MR) is 52.6 cm³/mol. The zero-order valence-electron chi connectivity index (χ0n) is 8.13. The van der Waals surface area contributed by atoms with Crippen molar-refractivity contribution in [2.75, 3.05) is 19.8 Å². The van der Waals surface area contributed by atoms with Crippen LogP contribution in [0.5, 0.6) is 11.5 Å². The molecule has 1 aromatic carbocycles. The number of rotatable bonds is 5. The first kappa shape index (κ1) is 11.8. The summed E-state index contributed by atoms with van der Waals surface area (Å²) < 4.78 is 5.09. The fourth-order valence-corrected chi connectivity index (χ4v) is 1.24. The molecular formula is C10H14O5. The summed E-state index contributed by atoms with van der Waals surface area (Å²) in [5.74, 6) is -0.0846. The highest BCUT2D eigenvalue weighted by atomic mass is 16.5. The summed E-state index contributed by atoms with van der Waals surface area (Å²) in [4.78, 5) is 0. The molecule has 0 fully saturated rings. The van der Waals surface area contributed by atoms with Crippen LogP contribution >= 0.6 is 0 Å². The van der Waals surface area contributed by atoms with Gasteiger partial charge in [-0.15, -0.1) is 0 Å². The first-order chi connectivity index (χ1) is 7.19. The van der Waals surface area contributed by atoms with Gasteiger partial charge in [0.2, 0.25) is 0 Å². The maximum Gasteiger partial charge on any atom is 0.121 e. The molecule has 1 atom stereocenters. The third kappa shape index (κ3) is 3.09. The van der Waals surface area contributed by atoms with E-state index < -0.39 is 6.10 Å². The van der Waals surface area contributed by atoms with Crippen molar-refractivity contribution in [2.24, 2.45) is 0 Å². The molecule has 0 spiro atoms. The monoisotopic (exact) mass is 214 g/mol. The van der Waals surface area contributed by atoms with Gasteiger partial charge in [0.1, 0.15) is 17.6 Å². The highest BCUT2D eigenvalue weighted by molar-refractivity contribution is 5.40. The van der Waals surface area contributed by atoms with Gasteiger partial charge in [0.05, 0.1) is 19.8 Å². The van der Waals surface area contributed by atoms with E-state index in [1.807, 2.05) is 0 Å². The summed E-state index contributed by atoms with van der Waals surface area (Å²) in [6, 6.07) is 3.96. The van der Waals surface area contributed by atoms with Gasteiger partial charge in [0.15, 0.2) is 0 Å². The van der Waals surface area contributed by atoms with Gasteiger partial charge in [-0.25, -0.2) is 0 Å². The summed E-state index contributed by atoms with van der Waals surface area (Å²) in [6.07, 6.45) is -0.746. The van der Waals surface area contributed by atoms with Crippen molar-refractivity contribution in [3.63, 3.8) is 0 Å². The SMILES string of the molecule is OCCOC(CO)c1cc(O)ccc1O. The Balaban J connectivity index is 2.85. The number of aliphatic hydroxyl groups is 2. The van der Waals surface area contributed by atoms with Crippen LogP contribution in [-0.4, -0.2) is 40.2 Å². The molecule has 0 amide bonds. The van der Waals surface area contributed by atoms with E-state index in [9.17, 15) is 10.2 Å². The molecule has 0 radical (unpaired) electrons. The Morgan fingerprint density at radius 3 is 2.53 bits per heavy atom. The highest BCUT2D eigenvalue weighted by Gasteiger charge is 2.15. The predicted octanol–water partition coefficient (Wildman–Crippen LogP) is 0.140. The Kier molecular flexibility index (Phi) is 4.36. The molecule has 4 N–H and O–H groups in total. The van der Waals surface area contributed by atoms with Crippen LogP contribution in [-0.2, 0) is 4.74 Å². The van der Waals surface area contributed by atoms with Gasteiger partial charge >= 0.3 is 0 Å². The standard InChI is InChI=1S/C10H14O5/c11-3-4-15-10(6-12)8-5-7(13)1-2-9(8)14/h1-2,5,10-14H,3-4,6H2. The van der Waals surface area contributed by atoms with Crippen molar-refractivity contribution < 1.29 is 25.2 Å². The highest BCUT2D eigenvalue weighted by Crippen LogP contribution is 2.29. The molecule has 0 aliphatic rings. The van der Waals surface area contributed by atoms with E-state index >= 15 is 0 Å². The fourth-order valence-electron chi connectivity index (χ4n) is 1.24. The number of hydrogen-bond acceptors (Lipinski definition) is 5. The zero-order chi connectivity index (χ0) is 11.3. The van der Waals surface area contributed by atoms with Crippen molar-refractivity contribution in [3.05, 3.63) is 23.8 Å². The number of hydrogen-bond donors (Lipinski definition) is 4. The van der Waals surface area contributed by atoms with Crippen LogP contribution in [0, 0.1) is 0 Å². The third-order valence-corrected chi connectivity index (χ3v) is 1.93. The summed E-state index contributed by atoms with van der Waals surface area (Å²) in [5.41, 5.74) is 0.297. The van der Waals surface area contributed by atoms with E-state index in [4.69, 9.17) is 14.9 Å². The Morgan fingerprint density at radius 1 is 1.20 bits per heavy atom. The average Bonchev–Trinajstić information content (AvgIpc) is 2.24. The van der Waals surface area contributed by atoms with Crippen LogP contribution in [0.25, 0.3) is 0 Å². The number of aromatic hydroxyl groups is 2. The van der Waals surface area contributed by atoms with Gasteiger partial charge in [0.25, 0.3) is 0 Å². The van der Waals surface area contributed by atoms with Crippen molar-refractivity contribution in [2.45, 2.75) is 6.10 Å². The number of benzene rings is 1. The van der Waals surface area contributed by atoms with Gasteiger partial charge in [0, 0.05) is 5.56 Å². The van der Waals surface area contributed by atoms with E-state index in [1.54, 1.807) is 0 Å². The summed E-state index contributed by atoms with van der Waals surface area (Å²) in [6.45, 7) is -0.451. The summed E-state index contributed by atoms with van der Waals surface area (Å²) in [5, 5.41) is 36.3. The van der Waals surface area contributed by atoms with Gasteiger partial charge < -0.3 is 25.2 Å². The van der Waals surface area contributed by atoms with Crippen LogP contribution < -0.4 is 0 Å². The molecule has 0 saturated carbocycles. The van der Waals surface area contributed by atoms with E-state index in [-0.39, 0.29) is 31.3 Å². The van der Waals surface area contributed by atoms with Gasteiger partial charge in [-0.3, -0.25) is 0 Å². The first-order valence-corrected chi connectivity index (χ1v) is 4.54. The maximum absolute atomic E-state index is 9.47. The van der Waals surface area contributed by atoms with Crippen LogP contribution in [0.1, 0.15) is 11.7 Å². The van der Waals surface area contributed by atoms with Crippen LogP contribution in [0.3, 0.4) is 0 Å².